The van der Waals surface area contributed by atoms with Crippen LogP contribution < -0.4 is 5.32 Å². The van der Waals surface area contributed by atoms with Gasteiger partial charge >= 0.3 is 5.97 Å². The van der Waals surface area contributed by atoms with Crippen molar-refractivity contribution in [2.24, 2.45) is 0 Å². The molecule has 0 atom stereocenters. The third-order valence-corrected chi connectivity index (χ3v) is 3.29. The number of carbonyl (C=O) groups is 1. The molecule has 19 heavy (non-hydrogen) atoms. The summed E-state index contributed by atoms with van der Waals surface area (Å²) >= 11 is 5.89. The predicted molar refractivity (Wildman–Crippen MR) is 80.3 cm³/mol. The van der Waals surface area contributed by atoms with Gasteiger partial charge in [0.2, 0.25) is 0 Å². The fraction of sp³-hybridized carbons (Fsp3) is 0.533. The van der Waals surface area contributed by atoms with E-state index in [0.29, 0.717) is 10.7 Å². The van der Waals surface area contributed by atoms with Gasteiger partial charge in [-0.05, 0) is 24.6 Å². The summed E-state index contributed by atoms with van der Waals surface area (Å²) in [6.07, 6.45) is 7.31. The van der Waals surface area contributed by atoms with E-state index in [9.17, 15) is 4.79 Å². The number of carboxylic acids is 1. The third-order valence-electron chi connectivity index (χ3n) is 3.06. The van der Waals surface area contributed by atoms with Crippen molar-refractivity contribution < 1.29 is 9.90 Å². The van der Waals surface area contributed by atoms with E-state index in [1.807, 2.05) is 0 Å². The Bertz CT molecular complexity index is 407. The van der Waals surface area contributed by atoms with Crippen LogP contribution in [0.1, 0.15) is 55.8 Å². The minimum absolute atomic E-state index is 0.274. The summed E-state index contributed by atoms with van der Waals surface area (Å²) in [5.41, 5.74) is 0.879. The van der Waals surface area contributed by atoms with E-state index in [-0.39, 0.29) is 5.56 Å². The highest BCUT2D eigenvalue weighted by atomic mass is 35.5. The number of unbranched alkanes of at least 4 members (excludes halogenated alkanes) is 5. The Kier molecular flexibility index (Phi) is 7.34. The molecule has 0 unspecified atom stereocenters. The van der Waals surface area contributed by atoms with Gasteiger partial charge in [0.1, 0.15) is 0 Å². The van der Waals surface area contributed by atoms with Crippen LogP contribution in [0.5, 0.6) is 0 Å². The molecule has 106 valence electrons. The molecule has 1 aromatic rings. The summed E-state index contributed by atoms with van der Waals surface area (Å²) in [6, 6.07) is 4.80. The summed E-state index contributed by atoms with van der Waals surface area (Å²) in [5, 5.41) is 12.8. The van der Waals surface area contributed by atoms with E-state index in [4.69, 9.17) is 16.7 Å². The number of carboxylic acid groups (broad SMARTS) is 1. The molecule has 0 aliphatic carbocycles. The van der Waals surface area contributed by atoms with Crippen molar-refractivity contribution >= 4 is 23.3 Å². The predicted octanol–water partition coefficient (Wildman–Crippen LogP) is 4.81. The minimum atomic E-state index is -0.929. The topological polar surface area (TPSA) is 49.3 Å². The van der Waals surface area contributed by atoms with Crippen LogP contribution in [-0.4, -0.2) is 17.6 Å². The molecule has 0 heterocycles. The molecule has 3 nitrogen and oxygen atoms in total. The summed E-state index contributed by atoms with van der Waals surface area (Å²) < 4.78 is 0. The monoisotopic (exact) mass is 283 g/mol. The van der Waals surface area contributed by atoms with Crippen LogP contribution in [0.25, 0.3) is 0 Å². The van der Waals surface area contributed by atoms with Crippen molar-refractivity contribution in [1.82, 2.24) is 0 Å². The number of rotatable bonds is 9. The van der Waals surface area contributed by atoms with Crippen molar-refractivity contribution in [3.05, 3.63) is 28.8 Å². The van der Waals surface area contributed by atoms with E-state index < -0.39 is 5.97 Å². The smallest absolute Gasteiger partial charge is 0.337 e. The Hall–Kier alpha value is -1.22. The van der Waals surface area contributed by atoms with Gasteiger partial charge in [0, 0.05) is 11.6 Å². The Morgan fingerprint density at radius 1 is 1.21 bits per heavy atom. The molecule has 0 radical (unpaired) electrons. The normalized spacial score (nSPS) is 10.4. The molecule has 2 N–H and O–H groups in total. The summed E-state index contributed by atoms with van der Waals surface area (Å²) in [5.74, 6) is -0.929. The average Bonchev–Trinajstić information content (AvgIpc) is 2.37. The molecule has 0 bridgehead atoms. The molecule has 0 aliphatic heterocycles. The van der Waals surface area contributed by atoms with Crippen molar-refractivity contribution in [3.8, 4) is 0 Å². The van der Waals surface area contributed by atoms with Gasteiger partial charge in [-0.2, -0.15) is 0 Å². The molecule has 0 saturated heterocycles. The minimum Gasteiger partial charge on any atom is -0.478 e. The number of anilines is 1. The highest BCUT2D eigenvalue weighted by Gasteiger charge is 2.09. The largest absolute Gasteiger partial charge is 0.478 e. The van der Waals surface area contributed by atoms with Crippen molar-refractivity contribution in [2.45, 2.75) is 45.4 Å². The van der Waals surface area contributed by atoms with Crippen molar-refractivity contribution in [2.75, 3.05) is 11.9 Å². The molecule has 0 saturated carbocycles. The van der Waals surface area contributed by atoms with Crippen molar-refractivity contribution in [3.63, 3.8) is 0 Å². The van der Waals surface area contributed by atoms with E-state index in [1.165, 1.54) is 38.2 Å². The lowest BCUT2D eigenvalue weighted by molar-refractivity contribution is 0.0698. The van der Waals surface area contributed by atoms with Gasteiger partial charge in [-0.3, -0.25) is 0 Å². The highest BCUT2D eigenvalue weighted by Crippen LogP contribution is 2.21. The van der Waals surface area contributed by atoms with E-state index >= 15 is 0 Å². The molecular formula is C15H22ClNO2. The molecule has 0 aliphatic rings. The van der Waals surface area contributed by atoms with Gasteiger partial charge in [0.25, 0.3) is 0 Å². The maximum Gasteiger partial charge on any atom is 0.337 e. The van der Waals surface area contributed by atoms with E-state index in [0.717, 1.165) is 13.0 Å². The maximum absolute atomic E-state index is 11.1. The Morgan fingerprint density at radius 3 is 2.58 bits per heavy atom. The lowest BCUT2D eigenvalue weighted by atomic mass is 10.1. The molecule has 0 amide bonds. The zero-order valence-corrected chi connectivity index (χ0v) is 12.2. The van der Waals surface area contributed by atoms with Crippen molar-refractivity contribution in [1.29, 1.82) is 0 Å². The first-order valence-electron chi connectivity index (χ1n) is 6.92. The van der Waals surface area contributed by atoms with Crippen LogP contribution in [0.4, 0.5) is 5.69 Å². The number of halogens is 1. The van der Waals surface area contributed by atoms with Gasteiger partial charge in [-0.25, -0.2) is 4.79 Å². The number of aromatic carboxylic acids is 1. The Labute approximate surface area is 120 Å². The Balaban J connectivity index is 2.36. The molecule has 4 heteroatoms. The fourth-order valence-corrected chi connectivity index (χ4v) is 2.15. The second kappa shape index (κ2) is 8.81. The molecule has 0 fully saturated rings. The summed E-state index contributed by atoms with van der Waals surface area (Å²) in [6.45, 7) is 2.99. The second-order valence-corrected chi connectivity index (χ2v) is 5.13. The average molecular weight is 284 g/mol. The van der Waals surface area contributed by atoms with Crippen LogP contribution in [0.3, 0.4) is 0 Å². The van der Waals surface area contributed by atoms with E-state index in [2.05, 4.69) is 12.2 Å². The lowest BCUT2D eigenvalue weighted by Crippen LogP contribution is -2.07. The first-order valence-corrected chi connectivity index (χ1v) is 7.29. The third kappa shape index (κ3) is 5.97. The SMILES string of the molecule is CCCCCCCCNc1cc(Cl)ccc1C(=O)O. The van der Waals surface area contributed by atoms with Crippen LogP contribution in [0.15, 0.2) is 18.2 Å². The molecule has 1 aromatic carbocycles. The summed E-state index contributed by atoms with van der Waals surface area (Å²) in [4.78, 5) is 11.1. The first kappa shape index (κ1) is 15.8. The standard InChI is InChI=1S/C15H22ClNO2/c1-2-3-4-5-6-7-10-17-14-11-12(16)8-9-13(14)15(18)19/h8-9,11,17H,2-7,10H2,1H3,(H,18,19). The molecule has 0 aromatic heterocycles. The number of hydrogen-bond acceptors (Lipinski definition) is 2. The maximum atomic E-state index is 11.1. The fourth-order valence-electron chi connectivity index (χ4n) is 1.98. The summed E-state index contributed by atoms with van der Waals surface area (Å²) in [7, 11) is 0. The number of benzene rings is 1. The zero-order chi connectivity index (χ0) is 14.1. The van der Waals surface area contributed by atoms with Crippen LogP contribution in [-0.2, 0) is 0 Å². The molecule has 1 rings (SSSR count). The van der Waals surface area contributed by atoms with Gasteiger partial charge in [0.15, 0.2) is 0 Å². The van der Waals surface area contributed by atoms with Gasteiger partial charge in [-0.1, -0.05) is 50.6 Å². The quantitative estimate of drug-likeness (QED) is 0.639. The number of nitrogens with one attached hydrogen (secondary N) is 1. The van der Waals surface area contributed by atoms with Crippen LogP contribution in [0, 0.1) is 0 Å². The lowest BCUT2D eigenvalue weighted by Gasteiger charge is -2.10. The van der Waals surface area contributed by atoms with Crippen LogP contribution in [0.2, 0.25) is 5.02 Å². The zero-order valence-electron chi connectivity index (χ0n) is 11.4. The van der Waals surface area contributed by atoms with E-state index in [1.54, 1.807) is 12.1 Å². The first-order chi connectivity index (χ1) is 9.15. The highest BCUT2D eigenvalue weighted by molar-refractivity contribution is 6.31. The van der Waals surface area contributed by atoms with Gasteiger partial charge in [-0.15, -0.1) is 0 Å². The molecular weight excluding hydrogens is 262 g/mol. The van der Waals surface area contributed by atoms with Crippen LogP contribution >= 0.6 is 11.6 Å². The Morgan fingerprint density at radius 2 is 1.89 bits per heavy atom. The van der Waals surface area contributed by atoms with Gasteiger partial charge < -0.3 is 10.4 Å². The second-order valence-electron chi connectivity index (χ2n) is 4.69. The number of hydrogen-bond donors (Lipinski definition) is 2. The van der Waals surface area contributed by atoms with Gasteiger partial charge in [0.05, 0.1) is 11.3 Å². The molecule has 0 spiro atoms.